The van der Waals surface area contributed by atoms with Crippen molar-refractivity contribution in [3.8, 4) is 5.75 Å². The third-order valence-electron chi connectivity index (χ3n) is 3.08. The fourth-order valence-electron chi connectivity index (χ4n) is 1.79. The number of hydrogen-bond donors (Lipinski definition) is 1. The van der Waals surface area contributed by atoms with Crippen LogP contribution in [0.5, 0.6) is 5.75 Å². The molecule has 112 valence electrons. The van der Waals surface area contributed by atoms with Crippen LogP contribution in [0, 0.1) is 6.92 Å². The number of aryl methyl sites for hydroxylation is 1. The molecule has 3 nitrogen and oxygen atoms in total. The number of rotatable bonds is 10. The third kappa shape index (κ3) is 6.22. The summed E-state index contributed by atoms with van der Waals surface area (Å²) in [5, 5.41) is 3.19. The maximum atomic E-state index is 5.79. The van der Waals surface area contributed by atoms with E-state index in [-0.39, 0.29) is 0 Å². The Hall–Kier alpha value is -1.32. The lowest BCUT2D eigenvalue weighted by molar-refractivity contribution is 0.102. The second kappa shape index (κ2) is 9.56. The van der Waals surface area contributed by atoms with Crippen molar-refractivity contribution in [2.45, 2.75) is 26.7 Å². The number of hydrogen-bond acceptors (Lipinski definition) is 3. The van der Waals surface area contributed by atoms with E-state index in [1.165, 1.54) is 11.1 Å². The summed E-state index contributed by atoms with van der Waals surface area (Å²) in [6, 6.07) is 6.41. The van der Waals surface area contributed by atoms with E-state index in [2.05, 4.69) is 50.9 Å². The summed E-state index contributed by atoms with van der Waals surface area (Å²) in [6.07, 6.45) is 1.84. The second-order valence-corrected chi connectivity index (χ2v) is 5.13. The third-order valence-corrected chi connectivity index (χ3v) is 3.08. The van der Waals surface area contributed by atoms with Crippen LogP contribution in [0.2, 0.25) is 0 Å². The highest BCUT2D eigenvalue weighted by atomic mass is 16.5. The summed E-state index contributed by atoms with van der Waals surface area (Å²) in [6.45, 7) is 13.6. The van der Waals surface area contributed by atoms with Crippen molar-refractivity contribution < 1.29 is 9.47 Å². The fraction of sp³-hybridized carbons (Fsp3) is 0.529. The molecule has 0 atom stereocenters. The van der Waals surface area contributed by atoms with Gasteiger partial charge >= 0.3 is 0 Å². The van der Waals surface area contributed by atoms with Crippen molar-refractivity contribution >= 4 is 0 Å². The van der Waals surface area contributed by atoms with E-state index in [1.807, 2.05) is 6.08 Å². The minimum atomic E-state index is 0.519. The second-order valence-electron chi connectivity index (χ2n) is 5.13. The molecule has 1 aromatic carbocycles. The number of ether oxygens (including phenoxy) is 2. The Morgan fingerprint density at radius 2 is 2.05 bits per heavy atom. The Bertz CT molecular complexity index is 402. The molecule has 0 saturated heterocycles. The molecular weight excluding hydrogens is 250 g/mol. The molecule has 0 bridgehead atoms. The van der Waals surface area contributed by atoms with Crippen molar-refractivity contribution in [1.29, 1.82) is 0 Å². The van der Waals surface area contributed by atoms with Gasteiger partial charge < -0.3 is 14.8 Å². The molecule has 0 aliphatic carbocycles. The van der Waals surface area contributed by atoms with Crippen LogP contribution in [0.4, 0.5) is 0 Å². The summed E-state index contributed by atoms with van der Waals surface area (Å²) in [7, 11) is 0. The first-order valence-corrected chi connectivity index (χ1v) is 7.28. The van der Waals surface area contributed by atoms with Crippen LogP contribution in [0.1, 0.15) is 30.9 Å². The molecule has 0 heterocycles. The summed E-state index contributed by atoms with van der Waals surface area (Å²) in [4.78, 5) is 0. The Morgan fingerprint density at radius 3 is 2.75 bits per heavy atom. The van der Waals surface area contributed by atoms with Gasteiger partial charge in [0.05, 0.1) is 13.2 Å². The zero-order valence-corrected chi connectivity index (χ0v) is 12.9. The zero-order valence-electron chi connectivity index (χ0n) is 12.9. The van der Waals surface area contributed by atoms with Gasteiger partial charge in [0.25, 0.3) is 0 Å². The van der Waals surface area contributed by atoms with Crippen LogP contribution in [0.15, 0.2) is 30.9 Å². The Balaban J connectivity index is 2.24. The molecule has 0 saturated carbocycles. The Labute approximate surface area is 123 Å². The molecule has 0 aliphatic heterocycles. The topological polar surface area (TPSA) is 30.5 Å². The van der Waals surface area contributed by atoms with Gasteiger partial charge in [-0.3, -0.25) is 0 Å². The molecule has 0 aliphatic rings. The molecule has 0 fully saturated rings. The Kier molecular flexibility index (Phi) is 8.00. The predicted molar refractivity (Wildman–Crippen MR) is 84.6 cm³/mol. The smallest absolute Gasteiger partial charge is 0.122 e. The van der Waals surface area contributed by atoms with Crippen LogP contribution in [0.25, 0.3) is 0 Å². The van der Waals surface area contributed by atoms with Gasteiger partial charge in [-0.05, 0) is 30.0 Å². The first kappa shape index (κ1) is 16.7. The van der Waals surface area contributed by atoms with Crippen molar-refractivity contribution in [3.05, 3.63) is 42.0 Å². The van der Waals surface area contributed by atoms with E-state index in [0.717, 1.165) is 18.8 Å². The van der Waals surface area contributed by atoms with Crippen molar-refractivity contribution in [3.63, 3.8) is 0 Å². The maximum Gasteiger partial charge on any atom is 0.122 e. The predicted octanol–water partition coefficient (Wildman–Crippen LogP) is 3.29. The molecule has 0 amide bonds. The minimum absolute atomic E-state index is 0.519. The Morgan fingerprint density at radius 1 is 1.25 bits per heavy atom. The van der Waals surface area contributed by atoms with Crippen molar-refractivity contribution in [2.24, 2.45) is 0 Å². The largest absolute Gasteiger partial charge is 0.491 e. The lowest BCUT2D eigenvalue weighted by Crippen LogP contribution is -2.20. The SMILES string of the molecule is C=CCNCCOCCOc1cc(C(C)C)ccc1C. The summed E-state index contributed by atoms with van der Waals surface area (Å²) < 4.78 is 11.3. The van der Waals surface area contributed by atoms with Gasteiger partial charge in [0, 0.05) is 13.1 Å². The molecule has 3 heteroatoms. The lowest BCUT2D eigenvalue weighted by Gasteiger charge is -2.13. The number of nitrogens with one attached hydrogen (secondary N) is 1. The minimum Gasteiger partial charge on any atom is -0.491 e. The van der Waals surface area contributed by atoms with Gasteiger partial charge in [-0.1, -0.05) is 32.1 Å². The molecule has 1 aromatic rings. The molecular formula is C17H27NO2. The fourth-order valence-corrected chi connectivity index (χ4v) is 1.79. The molecule has 1 rings (SSSR count). The van der Waals surface area contributed by atoms with Crippen molar-refractivity contribution in [1.82, 2.24) is 5.32 Å². The van der Waals surface area contributed by atoms with Gasteiger partial charge in [-0.25, -0.2) is 0 Å². The summed E-state index contributed by atoms with van der Waals surface area (Å²) in [5.74, 6) is 1.48. The van der Waals surface area contributed by atoms with E-state index in [0.29, 0.717) is 25.7 Å². The molecule has 0 radical (unpaired) electrons. The van der Waals surface area contributed by atoms with Gasteiger partial charge in [0.2, 0.25) is 0 Å². The monoisotopic (exact) mass is 277 g/mol. The van der Waals surface area contributed by atoms with E-state index >= 15 is 0 Å². The van der Waals surface area contributed by atoms with Crippen LogP contribution >= 0.6 is 0 Å². The molecule has 0 spiro atoms. The van der Waals surface area contributed by atoms with E-state index in [4.69, 9.17) is 9.47 Å². The first-order valence-electron chi connectivity index (χ1n) is 7.28. The summed E-state index contributed by atoms with van der Waals surface area (Å²) >= 11 is 0. The lowest BCUT2D eigenvalue weighted by atomic mass is 10.0. The first-order chi connectivity index (χ1) is 9.65. The molecule has 1 N–H and O–H groups in total. The highest BCUT2D eigenvalue weighted by Gasteiger charge is 2.04. The van der Waals surface area contributed by atoms with E-state index in [9.17, 15) is 0 Å². The van der Waals surface area contributed by atoms with Crippen molar-refractivity contribution in [2.75, 3.05) is 32.9 Å². The number of benzene rings is 1. The zero-order chi connectivity index (χ0) is 14.8. The van der Waals surface area contributed by atoms with E-state index in [1.54, 1.807) is 0 Å². The van der Waals surface area contributed by atoms with Crippen LogP contribution in [-0.2, 0) is 4.74 Å². The van der Waals surface area contributed by atoms with Crippen LogP contribution in [-0.4, -0.2) is 32.9 Å². The normalized spacial score (nSPS) is 10.8. The molecule has 20 heavy (non-hydrogen) atoms. The van der Waals surface area contributed by atoms with Crippen LogP contribution < -0.4 is 10.1 Å². The average Bonchev–Trinajstić information content (AvgIpc) is 2.43. The van der Waals surface area contributed by atoms with Gasteiger partial charge in [-0.15, -0.1) is 6.58 Å². The highest BCUT2D eigenvalue weighted by Crippen LogP contribution is 2.24. The molecule has 0 unspecified atom stereocenters. The van der Waals surface area contributed by atoms with Crippen LogP contribution in [0.3, 0.4) is 0 Å². The van der Waals surface area contributed by atoms with Gasteiger partial charge in [0.15, 0.2) is 0 Å². The van der Waals surface area contributed by atoms with Gasteiger partial charge in [0.1, 0.15) is 12.4 Å². The van der Waals surface area contributed by atoms with E-state index < -0.39 is 0 Å². The molecule has 0 aromatic heterocycles. The summed E-state index contributed by atoms with van der Waals surface area (Å²) in [5.41, 5.74) is 2.47. The maximum absolute atomic E-state index is 5.79. The van der Waals surface area contributed by atoms with Gasteiger partial charge in [-0.2, -0.15) is 0 Å². The quantitative estimate of drug-likeness (QED) is 0.526. The average molecular weight is 277 g/mol. The highest BCUT2D eigenvalue weighted by molar-refractivity contribution is 5.37. The standard InChI is InChI=1S/C17H27NO2/c1-5-8-18-9-10-19-11-12-20-17-13-16(14(2)3)7-6-15(17)4/h5-7,13-14,18H,1,8-12H2,2-4H3.